The van der Waals surface area contributed by atoms with Crippen LogP contribution in [0.15, 0.2) is 36.5 Å². The minimum Gasteiger partial charge on any atom is -0.497 e. The number of aromatic nitrogens is 1. The van der Waals surface area contributed by atoms with E-state index in [2.05, 4.69) is 16.4 Å². The molecule has 31 heavy (non-hydrogen) atoms. The first kappa shape index (κ1) is 21.9. The molecule has 0 aliphatic carbocycles. The van der Waals surface area contributed by atoms with Crippen LogP contribution in [0, 0.1) is 11.3 Å². The fraction of sp³-hybridized carbons (Fsp3) is 0.292. The zero-order valence-corrected chi connectivity index (χ0v) is 18.1. The predicted octanol–water partition coefficient (Wildman–Crippen LogP) is 4.47. The van der Waals surface area contributed by atoms with Crippen LogP contribution in [0.5, 0.6) is 11.5 Å². The van der Waals surface area contributed by atoms with Crippen LogP contribution in [-0.4, -0.2) is 31.8 Å². The quantitative estimate of drug-likeness (QED) is 0.538. The highest BCUT2D eigenvalue weighted by Crippen LogP contribution is 2.32. The van der Waals surface area contributed by atoms with Gasteiger partial charge in [0.05, 0.1) is 43.7 Å². The van der Waals surface area contributed by atoms with Gasteiger partial charge in [0.2, 0.25) is 0 Å². The lowest BCUT2D eigenvalue weighted by Gasteiger charge is -2.17. The summed E-state index contributed by atoms with van der Waals surface area (Å²) in [5, 5.41) is 13.5. The van der Waals surface area contributed by atoms with Crippen LogP contribution in [-0.2, 0) is 17.7 Å². The maximum absolute atomic E-state index is 12.6. The minimum atomic E-state index is -0.475. The third kappa shape index (κ3) is 4.53. The van der Waals surface area contributed by atoms with Gasteiger partial charge >= 0.3 is 5.97 Å². The molecule has 0 aliphatic rings. The molecule has 160 valence electrons. The number of hydrogen-bond acceptors (Lipinski definition) is 7. The van der Waals surface area contributed by atoms with Crippen molar-refractivity contribution in [2.75, 3.05) is 26.1 Å². The molecule has 0 aliphatic heterocycles. The average molecular weight is 419 g/mol. The fourth-order valence-corrected chi connectivity index (χ4v) is 3.47. The Morgan fingerprint density at radius 3 is 2.58 bits per heavy atom. The summed E-state index contributed by atoms with van der Waals surface area (Å²) in [5.74, 6) is 0.913. The van der Waals surface area contributed by atoms with Gasteiger partial charge in [0.15, 0.2) is 0 Å². The first-order chi connectivity index (χ1) is 15.1. The van der Waals surface area contributed by atoms with E-state index in [4.69, 9.17) is 14.2 Å². The highest BCUT2D eigenvalue weighted by Gasteiger charge is 2.19. The van der Waals surface area contributed by atoms with E-state index in [-0.39, 0.29) is 6.61 Å². The van der Waals surface area contributed by atoms with Crippen LogP contribution in [0.25, 0.3) is 10.9 Å². The van der Waals surface area contributed by atoms with E-state index in [1.165, 1.54) is 6.20 Å². The Kier molecular flexibility index (Phi) is 6.93. The number of esters is 1. The van der Waals surface area contributed by atoms with Gasteiger partial charge in [0.25, 0.3) is 0 Å². The van der Waals surface area contributed by atoms with Gasteiger partial charge in [-0.05, 0) is 49.2 Å². The summed E-state index contributed by atoms with van der Waals surface area (Å²) in [6, 6.07) is 11.3. The molecule has 1 aromatic heterocycles. The van der Waals surface area contributed by atoms with Crippen molar-refractivity contribution in [1.82, 2.24) is 4.98 Å². The van der Waals surface area contributed by atoms with Crippen molar-refractivity contribution in [2.24, 2.45) is 0 Å². The lowest BCUT2D eigenvalue weighted by molar-refractivity contribution is 0.0527. The lowest BCUT2D eigenvalue weighted by Crippen LogP contribution is -2.12. The molecule has 0 amide bonds. The van der Waals surface area contributed by atoms with Gasteiger partial charge in [-0.1, -0.05) is 6.92 Å². The number of methoxy groups -OCH3 is 2. The molecule has 0 saturated heterocycles. The number of nitriles is 1. The zero-order valence-electron chi connectivity index (χ0n) is 18.1. The molecule has 3 rings (SSSR count). The summed E-state index contributed by atoms with van der Waals surface area (Å²) in [6.45, 7) is 4.37. The Bertz CT molecular complexity index is 1150. The van der Waals surface area contributed by atoms with Crippen molar-refractivity contribution < 1.29 is 19.0 Å². The molecule has 1 heterocycles. The number of rotatable bonds is 8. The molecule has 0 radical (unpaired) electrons. The monoisotopic (exact) mass is 419 g/mol. The van der Waals surface area contributed by atoms with Crippen LogP contribution in [0.2, 0.25) is 0 Å². The van der Waals surface area contributed by atoms with Crippen molar-refractivity contribution in [3.63, 3.8) is 0 Å². The molecule has 7 nitrogen and oxygen atoms in total. The highest BCUT2D eigenvalue weighted by atomic mass is 16.5. The summed E-state index contributed by atoms with van der Waals surface area (Å²) < 4.78 is 16.0. The normalized spacial score (nSPS) is 10.4. The van der Waals surface area contributed by atoms with Crippen LogP contribution < -0.4 is 14.8 Å². The van der Waals surface area contributed by atoms with Crippen LogP contribution in [0.4, 0.5) is 5.69 Å². The van der Waals surface area contributed by atoms with Crippen LogP contribution in [0.3, 0.4) is 0 Å². The molecule has 0 spiro atoms. The van der Waals surface area contributed by atoms with E-state index >= 15 is 0 Å². The largest absolute Gasteiger partial charge is 0.497 e. The van der Waals surface area contributed by atoms with Crippen molar-refractivity contribution >= 4 is 22.6 Å². The Morgan fingerprint density at radius 1 is 1.13 bits per heavy atom. The maximum Gasteiger partial charge on any atom is 0.341 e. The first-order valence-electron chi connectivity index (χ1n) is 10.0. The van der Waals surface area contributed by atoms with E-state index in [0.717, 1.165) is 16.6 Å². The molecule has 0 saturated carbocycles. The molecule has 0 atom stereocenters. The molecule has 0 fully saturated rings. The van der Waals surface area contributed by atoms with E-state index < -0.39 is 5.97 Å². The predicted molar refractivity (Wildman–Crippen MR) is 119 cm³/mol. The average Bonchev–Trinajstić information content (AvgIpc) is 2.81. The van der Waals surface area contributed by atoms with Gasteiger partial charge in [0, 0.05) is 23.7 Å². The number of nitrogens with one attached hydrogen (secondary N) is 1. The number of fused-ring (bicyclic) bond motifs is 1. The van der Waals surface area contributed by atoms with Gasteiger partial charge in [-0.25, -0.2) is 4.79 Å². The maximum atomic E-state index is 12.6. The van der Waals surface area contributed by atoms with Crippen molar-refractivity contribution in [2.45, 2.75) is 26.8 Å². The SMILES string of the molecule is CCOC(=O)c1cnc2c(CC)cc(C#N)cc2c1NCc1cc(OC)ccc1OC. The Morgan fingerprint density at radius 2 is 1.94 bits per heavy atom. The molecular formula is C24H25N3O4. The number of benzene rings is 2. The molecular weight excluding hydrogens is 394 g/mol. The standard InChI is InChI=1S/C24H25N3O4/c1-5-16-9-15(12-25)10-19-22(16)27-14-20(24(28)31-6-2)23(19)26-13-17-11-18(29-3)7-8-21(17)30-4/h7-11,14H,5-6,13H2,1-4H3,(H,26,27). The van der Waals surface area contributed by atoms with E-state index in [0.29, 0.717) is 46.7 Å². The van der Waals surface area contributed by atoms with Gasteiger partial charge < -0.3 is 19.5 Å². The van der Waals surface area contributed by atoms with Gasteiger partial charge in [-0.15, -0.1) is 0 Å². The van der Waals surface area contributed by atoms with Crippen molar-refractivity contribution in [1.29, 1.82) is 5.26 Å². The van der Waals surface area contributed by atoms with Crippen LogP contribution >= 0.6 is 0 Å². The number of anilines is 1. The molecule has 0 unspecified atom stereocenters. The second kappa shape index (κ2) is 9.81. The number of hydrogen-bond donors (Lipinski definition) is 1. The molecule has 7 heteroatoms. The Labute approximate surface area is 181 Å². The Balaban J connectivity index is 2.15. The van der Waals surface area contributed by atoms with Crippen molar-refractivity contribution in [3.05, 3.63) is 58.8 Å². The minimum absolute atomic E-state index is 0.248. The number of carbonyl (C=O) groups excluding carboxylic acids is 1. The second-order valence-electron chi connectivity index (χ2n) is 6.80. The summed E-state index contributed by atoms with van der Waals surface area (Å²) in [6.07, 6.45) is 2.23. The number of aryl methyl sites for hydroxylation is 1. The molecule has 2 aromatic carbocycles. The van der Waals surface area contributed by atoms with Gasteiger partial charge in [-0.2, -0.15) is 5.26 Å². The van der Waals surface area contributed by atoms with E-state index in [1.54, 1.807) is 27.2 Å². The zero-order chi connectivity index (χ0) is 22.4. The summed E-state index contributed by atoms with van der Waals surface area (Å²) in [5.41, 5.74) is 3.93. The van der Waals surface area contributed by atoms with Crippen molar-refractivity contribution in [3.8, 4) is 17.6 Å². The molecule has 0 bridgehead atoms. The summed E-state index contributed by atoms with van der Waals surface area (Å²) in [7, 11) is 3.20. The topological polar surface area (TPSA) is 93.5 Å². The van der Waals surface area contributed by atoms with E-state index in [1.807, 2.05) is 31.2 Å². The molecule has 3 aromatic rings. The second-order valence-corrected chi connectivity index (χ2v) is 6.80. The number of pyridine rings is 1. The van der Waals surface area contributed by atoms with Crippen LogP contribution in [0.1, 0.15) is 40.9 Å². The lowest BCUT2D eigenvalue weighted by atomic mass is 10.0. The third-order valence-electron chi connectivity index (χ3n) is 5.00. The number of carbonyl (C=O) groups is 1. The van der Waals surface area contributed by atoms with Gasteiger partial charge in [-0.3, -0.25) is 4.98 Å². The number of nitrogens with zero attached hydrogens (tertiary/aromatic N) is 2. The Hall–Kier alpha value is -3.79. The van der Waals surface area contributed by atoms with E-state index in [9.17, 15) is 10.1 Å². The van der Waals surface area contributed by atoms with Gasteiger partial charge in [0.1, 0.15) is 17.1 Å². The fourth-order valence-electron chi connectivity index (χ4n) is 3.47. The first-order valence-corrected chi connectivity index (χ1v) is 10.0. The third-order valence-corrected chi connectivity index (χ3v) is 5.00. The molecule has 1 N–H and O–H groups in total. The smallest absolute Gasteiger partial charge is 0.341 e. The highest BCUT2D eigenvalue weighted by molar-refractivity contribution is 6.06. The number of ether oxygens (including phenoxy) is 3. The summed E-state index contributed by atoms with van der Waals surface area (Å²) >= 11 is 0. The summed E-state index contributed by atoms with van der Waals surface area (Å²) in [4.78, 5) is 17.2.